The van der Waals surface area contributed by atoms with Crippen molar-refractivity contribution in [1.82, 2.24) is 0 Å². The molecule has 4 aliphatic rings. The summed E-state index contributed by atoms with van der Waals surface area (Å²) >= 11 is 0. The van der Waals surface area contributed by atoms with E-state index in [0.717, 1.165) is 22.8 Å². The predicted octanol–water partition coefficient (Wildman–Crippen LogP) is 5.87. The van der Waals surface area contributed by atoms with Gasteiger partial charge < -0.3 is 4.74 Å². The van der Waals surface area contributed by atoms with Gasteiger partial charge in [-0.2, -0.15) is 0 Å². The van der Waals surface area contributed by atoms with Crippen molar-refractivity contribution >= 4 is 28.3 Å². The largest absolute Gasteiger partial charge is 0.386 e. The van der Waals surface area contributed by atoms with Gasteiger partial charge in [-0.1, -0.05) is 57.2 Å². The van der Waals surface area contributed by atoms with Crippen LogP contribution in [0.4, 0.5) is 0 Å². The van der Waals surface area contributed by atoms with Crippen molar-refractivity contribution in [2.75, 3.05) is 0 Å². The van der Waals surface area contributed by atoms with Crippen molar-refractivity contribution in [2.45, 2.75) is 33.1 Å². The Balaban J connectivity index is 1.75. The van der Waals surface area contributed by atoms with Crippen molar-refractivity contribution in [2.24, 2.45) is 5.41 Å². The molecule has 0 saturated heterocycles. The van der Waals surface area contributed by atoms with E-state index in [-0.39, 0.29) is 11.3 Å². The van der Waals surface area contributed by atoms with E-state index in [1.165, 1.54) is 27.9 Å². The van der Waals surface area contributed by atoms with Crippen LogP contribution >= 0.6 is 0 Å². The second kappa shape index (κ2) is 5.24. The molecule has 0 aromatic heterocycles. The lowest BCUT2D eigenvalue weighted by molar-refractivity contribution is 0.0391. The highest BCUT2D eigenvalue weighted by molar-refractivity contribution is 6.23. The quantitative estimate of drug-likeness (QED) is 0.424. The van der Waals surface area contributed by atoms with E-state index in [1.54, 1.807) is 0 Å². The first-order chi connectivity index (χ1) is 13.9. The van der Waals surface area contributed by atoms with E-state index in [0.29, 0.717) is 11.1 Å². The monoisotopic (exact) mass is 380 g/mol. The summed E-state index contributed by atoms with van der Waals surface area (Å²) in [5.41, 5.74) is 8.69. The van der Waals surface area contributed by atoms with E-state index in [2.05, 4.69) is 45.1 Å². The Morgan fingerprint density at radius 2 is 1.59 bits per heavy atom. The highest BCUT2D eigenvalue weighted by Gasteiger charge is 2.38. The number of carbonyl (C=O) groups excluding carboxylic acids is 2. The van der Waals surface area contributed by atoms with Gasteiger partial charge in [-0.05, 0) is 62.8 Å². The predicted molar refractivity (Wildman–Crippen MR) is 113 cm³/mol. The molecule has 0 saturated carbocycles. The van der Waals surface area contributed by atoms with E-state index >= 15 is 0 Å². The molecule has 1 atom stereocenters. The summed E-state index contributed by atoms with van der Waals surface area (Å²) in [6, 6.07) is 7.69. The molecule has 3 nitrogen and oxygen atoms in total. The Morgan fingerprint density at radius 1 is 0.897 bits per heavy atom. The summed E-state index contributed by atoms with van der Waals surface area (Å²) in [7, 11) is 0. The van der Waals surface area contributed by atoms with Gasteiger partial charge in [0.15, 0.2) is 0 Å². The van der Waals surface area contributed by atoms with Crippen LogP contribution in [0.3, 0.4) is 0 Å². The van der Waals surface area contributed by atoms with Crippen molar-refractivity contribution in [3.8, 4) is 0 Å². The number of esters is 2. The van der Waals surface area contributed by atoms with Crippen molar-refractivity contribution in [3.05, 3.63) is 87.5 Å². The fourth-order valence-corrected chi connectivity index (χ4v) is 5.39. The molecule has 2 aromatic carbocycles. The summed E-state index contributed by atoms with van der Waals surface area (Å²) in [6.07, 6.45) is 9.94. The molecule has 0 amide bonds. The highest BCUT2D eigenvalue weighted by Crippen LogP contribution is 2.54. The molecule has 29 heavy (non-hydrogen) atoms. The van der Waals surface area contributed by atoms with E-state index in [4.69, 9.17) is 4.74 Å². The minimum absolute atomic E-state index is 0.0699. The fourth-order valence-electron chi connectivity index (χ4n) is 5.39. The molecule has 142 valence electrons. The van der Waals surface area contributed by atoms with Crippen LogP contribution in [0, 0.1) is 5.41 Å². The number of hydrogen-bond donors (Lipinski definition) is 0. The Kier molecular flexibility index (Phi) is 3.02. The van der Waals surface area contributed by atoms with Crippen LogP contribution in [-0.4, -0.2) is 11.9 Å². The lowest BCUT2D eigenvalue weighted by Gasteiger charge is -2.38. The van der Waals surface area contributed by atoms with Gasteiger partial charge in [0.25, 0.3) is 0 Å². The highest BCUT2D eigenvalue weighted by atomic mass is 16.6. The zero-order valence-electron chi connectivity index (χ0n) is 16.6. The topological polar surface area (TPSA) is 43.4 Å². The summed E-state index contributed by atoms with van der Waals surface area (Å²) in [4.78, 5) is 24.7. The number of fused-ring (bicyclic) bond motifs is 2. The third kappa shape index (κ3) is 2.02. The lowest BCUT2D eigenvalue weighted by Crippen LogP contribution is -2.24. The normalized spacial score (nSPS) is 21.7. The zero-order valence-corrected chi connectivity index (χ0v) is 16.6. The van der Waals surface area contributed by atoms with Crippen molar-refractivity contribution in [1.29, 1.82) is 0 Å². The molecule has 0 spiro atoms. The number of allylic oxidation sites excluding steroid dienone is 8. The molecule has 0 bridgehead atoms. The summed E-state index contributed by atoms with van der Waals surface area (Å²) in [5.74, 6) is -0.971. The molecule has 0 radical (unpaired) electrons. The molecule has 3 heteroatoms. The van der Waals surface area contributed by atoms with Crippen LogP contribution in [0.2, 0.25) is 0 Å². The molecule has 2 aromatic rings. The zero-order chi connectivity index (χ0) is 20.1. The number of hydrogen-bond acceptors (Lipinski definition) is 3. The average Bonchev–Trinajstić information content (AvgIpc) is 2.69. The maximum Gasteiger partial charge on any atom is 0.346 e. The first-order valence-electron chi connectivity index (χ1n) is 10.1. The number of rotatable bonds is 0. The summed E-state index contributed by atoms with van der Waals surface area (Å²) < 4.78 is 4.95. The van der Waals surface area contributed by atoms with Crippen molar-refractivity contribution in [3.63, 3.8) is 0 Å². The SMILES string of the molecule is CC(C)(C)C1=C2CC=CC3=C2C(C=C1)c1ccc2c4c(ccc3c14)C(=O)OC2=O. The van der Waals surface area contributed by atoms with Gasteiger partial charge in [0.2, 0.25) is 0 Å². The molecule has 1 unspecified atom stereocenters. The minimum Gasteiger partial charge on any atom is -0.386 e. The van der Waals surface area contributed by atoms with Crippen LogP contribution in [0.1, 0.15) is 65.0 Å². The van der Waals surface area contributed by atoms with Crippen molar-refractivity contribution < 1.29 is 14.3 Å². The standard InChI is InChI=1S/C26H20O3/c1-26(2,3)20-12-11-14-16-8-10-19-23-18(24(27)29-25(19)28)9-7-15(22(16)23)13-5-4-6-17(20)21(13)14/h4-5,7-12,14H,6H2,1-3H3. The van der Waals surface area contributed by atoms with Crippen LogP contribution in [-0.2, 0) is 4.74 Å². The smallest absolute Gasteiger partial charge is 0.346 e. The summed E-state index contributed by atoms with van der Waals surface area (Å²) in [6.45, 7) is 6.79. The van der Waals surface area contributed by atoms with E-state index in [9.17, 15) is 9.59 Å². The Hall–Kier alpha value is -3.20. The summed E-state index contributed by atoms with van der Waals surface area (Å²) in [5, 5.41) is 1.76. The first-order valence-corrected chi connectivity index (χ1v) is 10.1. The molecule has 1 heterocycles. The molecule has 1 aliphatic heterocycles. The van der Waals surface area contributed by atoms with Crippen LogP contribution in [0.5, 0.6) is 0 Å². The van der Waals surface area contributed by atoms with Crippen LogP contribution in [0.25, 0.3) is 16.3 Å². The Bertz CT molecular complexity index is 1290. The maximum absolute atomic E-state index is 12.4. The Labute approximate surface area is 169 Å². The number of carbonyl (C=O) groups is 2. The molecule has 6 rings (SSSR count). The van der Waals surface area contributed by atoms with Gasteiger partial charge in [-0.3, -0.25) is 0 Å². The van der Waals surface area contributed by atoms with Crippen LogP contribution in [0.15, 0.2) is 65.3 Å². The van der Waals surface area contributed by atoms with E-state index in [1.807, 2.05) is 24.3 Å². The average molecular weight is 380 g/mol. The van der Waals surface area contributed by atoms with Gasteiger partial charge in [0.05, 0.1) is 11.1 Å². The minimum atomic E-state index is -0.556. The third-order valence-electron chi connectivity index (χ3n) is 6.56. The number of cyclic esters (lactones) is 2. The van der Waals surface area contributed by atoms with E-state index < -0.39 is 11.9 Å². The second-order valence-electron chi connectivity index (χ2n) is 9.20. The van der Waals surface area contributed by atoms with Gasteiger partial charge in [-0.25, -0.2) is 9.59 Å². The van der Waals surface area contributed by atoms with Gasteiger partial charge in [0.1, 0.15) is 0 Å². The second-order valence-corrected chi connectivity index (χ2v) is 9.20. The molecular weight excluding hydrogens is 360 g/mol. The number of ether oxygens (including phenoxy) is 1. The van der Waals surface area contributed by atoms with Gasteiger partial charge >= 0.3 is 11.9 Å². The Morgan fingerprint density at radius 3 is 2.31 bits per heavy atom. The molecule has 0 N–H and O–H groups in total. The fraction of sp³-hybridized carbons (Fsp3) is 0.231. The lowest BCUT2D eigenvalue weighted by atomic mass is 9.65. The maximum atomic E-state index is 12.4. The first kappa shape index (κ1) is 16.7. The molecule has 3 aliphatic carbocycles. The third-order valence-corrected chi connectivity index (χ3v) is 6.56. The van der Waals surface area contributed by atoms with Gasteiger partial charge in [-0.15, -0.1) is 0 Å². The molecular formula is C26H20O3. The molecule has 0 fully saturated rings. The van der Waals surface area contributed by atoms with Gasteiger partial charge in [0, 0.05) is 11.3 Å². The number of benzene rings is 2. The van der Waals surface area contributed by atoms with Crippen LogP contribution < -0.4 is 0 Å².